The van der Waals surface area contributed by atoms with Gasteiger partial charge in [-0.25, -0.2) is 0 Å². The summed E-state index contributed by atoms with van der Waals surface area (Å²) in [4.78, 5) is 0. The summed E-state index contributed by atoms with van der Waals surface area (Å²) >= 11 is 0. The number of rotatable bonds is 5. The molecule has 0 bridgehead atoms. The van der Waals surface area contributed by atoms with E-state index in [4.69, 9.17) is 5.73 Å². The van der Waals surface area contributed by atoms with Gasteiger partial charge in [-0.3, -0.25) is 0 Å². The Balaban J connectivity index is 1.63. The van der Waals surface area contributed by atoms with Crippen molar-refractivity contribution in [2.45, 2.75) is 90.0 Å². The zero-order chi connectivity index (χ0) is 12.8. The van der Waals surface area contributed by atoms with Crippen LogP contribution in [0.1, 0.15) is 84.0 Å². The van der Waals surface area contributed by atoms with Crippen LogP contribution < -0.4 is 5.73 Å². The first-order chi connectivity index (χ1) is 8.79. The normalized spacial score (nSPS) is 37.7. The van der Waals surface area contributed by atoms with Crippen molar-refractivity contribution in [2.24, 2.45) is 23.5 Å². The lowest BCUT2D eigenvalue weighted by molar-refractivity contribution is 0.156. The molecule has 0 aromatic rings. The molecular formula is C17H33N. The smallest absolute Gasteiger partial charge is 0.00390 e. The minimum absolute atomic E-state index is 0.520. The van der Waals surface area contributed by atoms with Crippen molar-refractivity contribution in [3.05, 3.63) is 0 Å². The topological polar surface area (TPSA) is 26.0 Å². The number of unbranched alkanes of at least 4 members (excludes halogenated alkanes) is 2. The molecule has 0 amide bonds. The van der Waals surface area contributed by atoms with Crippen LogP contribution >= 0.6 is 0 Å². The number of hydrogen-bond acceptors (Lipinski definition) is 1. The van der Waals surface area contributed by atoms with Gasteiger partial charge >= 0.3 is 0 Å². The van der Waals surface area contributed by atoms with Crippen LogP contribution in [0.3, 0.4) is 0 Å². The molecule has 0 atom stereocenters. The molecule has 0 spiro atoms. The Hall–Kier alpha value is -0.0400. The maximum atomic E-state index is 6.02. The van der Waals surface area contributed by atoms with Crippen molar-refractivity contribution in [3.63, 3.8) is 0 Å². The van der Waals surface area contributed by atoms with Gasteiger partial charge in [-0.2, -0.15) is 0 Å². The van der Waals surface area contributed by atoms with Gasteiger partial charge in [0.2, 0.25) is 0 Å². The minimum atomic E-state index is 0.520. The second kappa shape index (κ2) is 7.53. The summed E-state index contributed by atoms with van der Waals surface area (Å²) in [5.41, 5.74) is 6.02. The summed E-state index contributed by atoms with van der Waals surface area (Å²) < 4.78 is 0. The molecule has 0 aromatic carbocycles. The minimum Gasteiger partial charge on any atom is -0.328 e. The molecule has 2 aliphatic carbocycles. The van der Waals surface area contributed by atoms with Gasteiger partial charge in [0.25, 0.3) is 0 Å². The fraction of sp³-hybridized carbons (Fsp3) is 1.00. The van der Waals surface area contributed by atoms with Crippen molar-refractivity contribution in [2.75, 3.05) is 0 Å². The van der Waals surface area contributed by atoms with Crippen molar-refractivity contribution in [1.82, 2.24) is 0 Å². The molecule has 0 radical (unpaired) electrons. The third kappa shape index (κ3) is 4.26. The first kappa shape index (κ1) is 14.4. The highest BCUT2D eigenvalue weighted by Gasteiger charge is 2.29. The predicted octanol–water partition coefficient (Wildman–Crippen LogP) is 4.89. The molecule has 2 rings (SSSR count). The highest BCUT2D eigenvalue weighted by molar-refractivity contribution is 4.82. The van der Waals surface area contributed by atoms with Crippen molar-refractivity contribution < 1.29 is 0 Å². The standard InChI is InChI=1S/C17H33N/c1-2-3-4-5-14-6-8-15(9-7-14)16-10-12-17(18)13-11-16/h14-17H,2-13,18H2,1H3. The molecule has 2 fully saturated rings. The van der Waals surface area contributed by atoms with Gasteiger partial charge in [0.15, 0.2) is 0 Å². The van der Waals surface area contributed by atoms with E-state index in [2.05, 4.69) is 6.92 Å². The lowest BCUT2D eigenvalue weighted by atomic mass is 9.70. The van der Waals surface area contributed by atoms with E-state index in [1.165, 1.54) is 77.0 Å². The van der Waals surface area contributed by atoms with Crippen LogP contribution in [-0.4, -0.2) is 6.04 Å². The van der Waals surface area contributed by atoms with Crippen LogP contribution in [0.4, 0.5) is 0 Å². The van der Waals surface area contributed by atoms with Crippen LogP contribution in [0.25, 0.3) is 0 Å². The summed E-state index contributed by atoms with van der Waals surface area (Å²) in [5, 5.41) is 0. The number of hydrogen-bond donors (Lipinski definition) is 1. The Morgan fingerprint density at radius 3 is 1.89 bits per heavy atom. The Morgan fingerprint density at radius 2 is 1.33 bits per heavy atom. The van der Waals surface area contributed by atoms with Gasteiger partial charge in [-0.05, 0) is 56.3 Å². The van der Waals surface area contributed by atoms with Gasteiger partial charge in [0.05, 0.1) is 0 Å². The van der Waals surface area contributed by atoms with Crippen molar-refractivity contribution in [1.29, 1.82) is 0 Å². The van der Waals surface area contributed by atoms with E-state index >= 15 is 0 Å². The summed E-state index contributed by atoms with van der Waals surface area (Å²) in [6.45, 7) is 2.31. The van der Waals surface area contributed by atoms with Crippen molar-refractivity contribution >= 4 is 0 Å². The average Bonchev–Trinajstić information content (AvgIpc) is 2.41. The Bertz CT molecular complexity index is 210. The van der Waals surface area contributed by atoms with Crippen LogP contribution in [-0.2, 0) is 0 Å². The molecule has 0 saturated heterocycles. The monoisotopic (exact) mass is 251 g/mol. The van der Waals surface area contributed by atoms with E-state index < -0.39 is 0 Å². The molecule has 106 valence electrons. The van der Waals surface area contributed by atoms with Crippen LogP contribution in [0.5, 0.6) is 0 Å². The highest BCUT2D eigenvalue weighted by atomic mass is 14.6. The molecule has 2 N–H and O–H groups in total. The molecule has 2 saturated carbocycles. The highest BCUT2D eigenvalue weighted by Crippen LogP contribution is 2.40. The van der Waals surface area contributed by atoms with E-state index in [-0.39, 0.29) is 0 Å². The molecule has 0 aliphatic heterocycles. The Morgan fingerprint density at radius 1 is 0.778 bits per heavy atom. The van der Waals surface area contributed by atoms with Crippen molar-refractivity contribution in [3.8, 4) is 0 Å². The fourth-order valence-corrected chi connectivity index (χ4v) is 4.25. The van der Waals surface area contributed by atoms with Gasteiger partial charge in [0, 0.05) is 6.04 Å². The predicted molar refractivity (Wildman–Crippen MR) is 79.5 cm³/mol. The van der Waals surface area contributed by atoms with Crippen LogP contribution in [0.2, 0.25) is 0 Å². The summed E-state index contributed by atoms with van der Waals surface area (Å²) in [7, 11) is 0. The maximum absolute atomic E-state index is 6.02. The fourth-order valence-electron chi connectivity index (χ4n) is 4.25. The first-order valence-corrected chi connectivity index (χ1v) is 8.55. The van der Waals surface area contributed by atoms with E-state index in [1.807, 2.05) is 0 Å². The molecule has 0 aromatic heterocycles. The molecular weight excluding hydrogens is 218 g/mol. The van der Waals surface area contributed by atoms with Crippen LogP contribution in [0, 0.1) is 17.8 Å². The number of nitrogens with two attached hydrogens (primary N) is 1. The zero-order valence-electron chi connectivity index (χ0n) is 12.4. The second-order valence-corrected chi connectivity index (χ2v) is 6.95. The second-order valence-electron chi connectivity index (χ2n) is 6.95. The lowest BCUT2D eigenvalue weighted by Gasteiger charge is -2.37. The van der Waals surface area contributed by atoms with Gasteiger partial charge in [-0.1, -0.05) is 45.4 Å². The van der Waals surface area contributed by atoms with E-state index in [0.717, 1.165) is 17.8 Å². The third-order valence-electron chi connectivity index (χ3n) is 5.59. The van der Waals surface area contributed by atoms with Gasteiger partial charge in [0.1, 0.15) is 0 Å². The summed E-state index contributed by atoms with van der Waals surface area (Å²) in [6.07, 6.45) is 17.3. The van der Waals surface area contributed by atoms with Gasteiger partial charge in [-0.15, -0.1) is 0 Å². The summed E-state index contributed by atoms with van der Waals surface area (Å²) in [6, 6.07) is 0.520. The molecule has 18 heavy (non-hydrogen) atoms. The third-order valence-corrected chi connectivity index (χ3v) is 5.59. The Kier molecular flexibility index (Phi) is 6.01. The van der Waals surface area contributed by atoms with E-state index in [1.54, 1.807) is 0 Å². The van der Waals surface area contributed by atoms with Gasteiger partial charge < -0.3 is 5.73 Å². The lowest BCUT2D eigenvalue weighted by Crippen LogP contribution is -2.31. The zero-order valence-corrected chi connectivity index (χ0v) is 12.4. The maximum Gasteiger partial charge on any atom is 0.00390 e. The van der Waals surface area contributed by atoms with E-state index in [0.29, 0.717) is 6.04 Å². The summed E-state index contributed by atoms with van der Waals surface area (Å²) in [5.74, 6) is 3.15. The molecule has 0 unspecified atom stereocenters. The molecule has 0 heterocycles. The molecule has 1 heteroatoms. The SMILES string of the molecule is CCCCCC1CCC(C2CCC(N)CC2)CC1. The largest absolute Gasteiger partial charge is 0.328 e. The molecule has 2 aliphatic rings. The van der Waals surface area contributed by atoms with Crippen LogP contribution in [0.15, 0.2) is 0 Å². The average molecular weight is 251 g/mol. The molecule has 1 nitrogen and oxygen atoms in total. The quantitative estimate of drug-likeness (QED) is 0.692. The Labute approximate surface area is 114 Å². The van der Waals surface area contributed by atoms with E-state index in [9.17, 15) is 0 Å². The first-order valence-electron chi connectivity index (χ1n) is 8.55.